The number of aliphatic hydroxyl groups excluding tert-OH is 1. The zero-order valence-corrected chi connectivity index (χ0v) is 12.4. The van der Waals surface area contributed by atoms with Crippen molar-refractivity contribution in [3.05, 3.63) is 29.8 Å². The minimum atomic E-state index is -0.00736. The van der Waals surface area contributed by atoms with Crippen LogP contribution >= 0.6 is 0 Å². The van der Waals surface area contributed by atoms with E-state index in [1.807, 2.05) is 17.0 Å². The molecule has 4 nitrogen and oxygen atoms in total. The summed E-state index contributed by atoms with van der Waals surface area (Å²) in [5, 5.41) is 12.7. The molecule has 114 valence electrons. The molecule has 0 spiro atoms. The lowest BCUT2D eigenvalue weighted by molar-refractivity contribution is -0.138. The molecule has 1 aliphatic carbocycles. The van der Waals surface area contributed by atoms with Crippen LogP contribution in [0.2, 0.25) is 0 Å². The molecule has 0 bridgehead atoms. The quantitative estimate of drug-likeness (QED) is 0.891. The molecular weight excluding hydrogens is 264 g/mol. The van der Waals surface area contributed by atoms with E-state index in [9.17, 15) is 9.90 Å². The second kappa shape index (κ2) is 6.48. The van der Waals surface area contributed by atoms with Gasteiger partial charge in [-0.3, -0.25) is 4.79 Å². The van der Waals surface area contributed by atoms with Crippen LogP contribution in [0.25, 0.3) is 0 Å². The molecule has 1 aromatic carbocycles. The molecule has 1 aromatic rings. The summed E-state index contributed by atoms with van der Waals surface area (Å²) in [6.07, 6.45) is 5.37. The van der Waals surface area contributed by atoms with Gasteiger partial charge in [0.25, 0.3) is 0 Å². The van der Waals surface area contributed by atoms with Crippen molar-refractivity contribution in [3.63, 3.8) is 0 Å². The molecule has 1 fully saturated rings. The Hall–Kier alpha value is -1.55. The molecule has 2 N–H and O–H groups in total. The Morgan fingerprint density at radius 2 is 2.05 bits per heavy atom. The number of hydrogen-bond donors (Lipinski definition) is 2. The van der Waals surface area contributed by atoms with Crippen molar-refractivity contribution < 1.29 is 9.90 Å². The van der Waals surface area contributed by atoms with Crippen molar-refractivity contribution in [1.82, 2.24) is 4.90 Å². The number of rotatable bonds is 4. The SMILES string of the molecule is O=C(C1CNc2ccccc2C1)N(CCO)C1CCCC1. The molecule has 1 heterocycles. The van der Waals surface area contributed by atoms with Crippen molar-refractivity contribution in [2.24, 2.45) is 5.92 Å². The topological polar surface area (TPSA) is 52.6 Å². The Kier molecular flexibility index (Phi) is 4.44. The third-order valence-electron chi connectivity index (χ3n) is 4.76. The summed E-state index contributed by atoms with van der Waals surface area (Å²) in [6, 6.07) is 8.54. The Bertz CT molecular complexity index is 497. The molecule has 0 radical (unpaired) electrons. The van der Waals surface area contributed by atoms with E-state index in [1.165, 1.54) is 18.4 Å². The predicted octanol–water partition coefficient (Wildman–Crippen LogP) is 2.03. The summed E-state index contributed by atoms with van der Waals surface area (Å²) in [7, 11) is 0. The fraction of sp³-hybridized carbons (Fsp3) is 0.588. The van der Waals surface area contributed by atoms with Gasteiger partial charge in [0.05, 0.1) is 12.5 Å². The number of nitrogens with zero attached hydrogens (tertiary/aromatic N) is 1. The minimum absolute atomic E-state index is 0.00736. The molecule has 1 amide bonds. The summed E-state index contributed by atoms with van der Waals surface area (Å²) < 4.78 is 0. The van der Waals surface area contributed by atoms with Gasteiger partial charge >= 0.3 is 0 Å². The lowest BCUT2D eigenvalue weighted by atomic mass is 9.92. The van der Waals surface area contributed by atoms with Gasteiger partial charge in [-0.05, 0) is 30.9 Å². The Morgan fingerprint density at radius 1 is 1.29 bits per heavy atom. The Balaban J connectivity index is 1.71. The Morgan fingerprint density at radius 3 is 2.81 bits per heavy atom. The molecule has 3 rings (SSSR count). The molecule has 1 atom stereocenters. The van der Waals surface area contributed by atoms with Crippen molar-refractivity contribution in [1.29, 1.82) is 0 Å². The van der Waals surface area contributed by atoms with E-state index in [1.54, 1.807) is 0 Å². The van der Waals surface area contributed by atoms with Crippen LogP contribution in [0.3, 0.4) is 0 Å². The molecule has 21 heavy (non-hydrogen) atoms. The summed E-state index contributed by atoms with van der Waals surface area (Å²) in [6.45, 7) is 1.23. The fourth-order valence-corrected chi connectivity index (χ4v) is 3.65. The first-order chi connectivity index (χ1) is 10.3. The van der Waals surface area contributed by atoms with Crippen LogP contribution in [0.1, 0.15) is 31.2 Å². The van der Waals surface area contributed by atoms with E-state index >= 15 is 0 Å². The van der Waals surface area contributed by atoms with Gasteiger partial charge in [-0.1, -0.05) is 31.0 Å². The van der Waals surface area contributed by atoms with E-state index in [0.29, 0.717) is 19.1 Å². The van der Waals surface area contributed by atoms with Crippen LogP contribution in [0, 0.1) is 5.92 Å². The normalized spacial score (nSPS) is 21.7. The maximum absolute atomic E-state index is 12.9. The number of fused-ring (bicyclic) bond motifs is 1. The summed E-state index contributed by atoms with van der Waals surface area (Å²) >= 11 is 0. The average molecular weight is 288 g/mol. The fourth-order valence-electron chi connectivity index (χ4n) is 3.65. The van der Waals surface area contributed by atoms with Crippen LogP contribution in [0.4, 0.5) is 5.69 Å². The van der Waals surface area contributed by atoms with Gasteiger partial charge in [0.1, 0.15) is 0 Å². The number of nitrogens with one attached hydrogen (secondary N) is 1. The summed E-state index contributed by atoms with van der Waals surface area (Å²) in [4.78, 5) is 14.8. The number of benzene rings is 1. The number of anilines is 1. The first-order valence-corrected chi connectivity index (χ1v) is 8.02. The van der Waals surface area contributed by atoms with E-state index in [2.05, 4.69) is 17.4 Å². The molecule has 1 saturated carbocycles. The molecule has 0 aromatic heterocycles. The number of carbonyl (C=O) groups is 1. The third kappa shape index (κ3) is 3.05. The monoisotopic (exact) mass is 288 g/mol. The number of amides is 1. The highest BCUT2D eigenvalue weighted by Crippen LogP contribution is 2.28. The van der Waals surface area contributed by atoms with Gasteiger partial charge in [-0.25, -0.2) is 0 Å². The zero-order valence-electron chi connectivity index (χ0n) is 12.4. The van der Waals surface area contributed by atoms with E-state index in [0.717, 1.165) is 24.9 Å². The predicted molar refractivity (Wildman–Crippen MR) is 83.2 cm³/mol. The van der Waals surface area contributed by atoms with Crippen molar-refractivity contribution in [2.75, 3.05) is 25.0 Å². The molecule has 4 heteroatoms. The smallest absolute Gasteiger partial charge is 0.228 e. The number of para-hydroxylation sites is 1. The molecule has 1 aliphatic heterocycles. The standard InChI is InChI=1S/C17H24N2O2/c20-10-9-19(15-6-2-3-7-15)17(21)14-11-13-5-1-4-8-16(13)18-12-14/h1,4-5,8,14-15,18,20H,2-3,6-7,9-12H2. The molecule has 2 aliphatic rings. The first-order valence-electron chi connectivity index (χ1n) is 8.02. The van der Waals surface area contributed by atoms with Gasteiger partial charge in [0.2, 0.25) is 5.91 Å². The number of hydrogen-bond acceptors (Lipinski definition) is 3. The average Bonchev–Trinajstić information content (AvgIpc) is 3.05. The van der Waals surface area contributed by atoms with Crippen molar-refractivity contribution >= 4 is 11.6 Å². The van der Waals surface area contributed by atoms with Gasteiger partial charge in [-0.2, -0.15) is 0 Å². The highest BCUT2D eigenvalue weighted by atomic mass is 16.3. The molecular formula is C17H24N2O2. The highest BCUT2D eigenvalue weighted by molar-refractivity contribution is 5.81. The highest BCUT2D eigenvalue weighted by Gasteiger charge is 2.32. The van der Waals surface area contributed by atoms with Gasteiger partial charge in [0.15, 0.2) is 0 Å². The minimum Gasteiger partial charge on any atom is -0.395 e. The summed E-state index contributed by atoms with van der Waals surface area (Å²) in [5.74, 6) is 0.199. The number of carbonyl (C=O) groups excluding carboxylic acids is 1. The van der Waals surface area contributed by atoms with Crippen LogP contribution in [-0.2, 0) is 11.2 Å². The van der Waals surface area contributed by atoms with Crippen LogP contribution in [-0.4, -0.2) is 41.7 Å². The second-order valence-electron chi connectivity index (χ2n) is 6.13. The Labute approximate surface area is 126 Å². The van der Waals surface area contributed by atoms with Crippen molar-refractivity contribution in [2.45, 2.75) is 38.1 Å². The lowest BCUT2D eigenvalue weighted by Gasteiger charge is -2.34. The number of aliphatic hydroxyl groups is 1. The molecule has 1 unspecified atom stereocenters. The molecule has 0 saturated heterocycles. The van der Waals surface area contributed by atoms with Crippen LogP contribution in [0.5, 0.6) is 0 Å². The van der Waals surface area contributed by atoms with Crippen LogP contribution in [0.15, 0.2) is 24.3 Å². The third-order valence-corrected chi connectivity index (χ3v) is 4.76. The van der Waals surface area contributed by atoms with E-state index in [4.69, 9.17) is 0 Å². The summed E-state index contributed by atoms with van der Waals surface area (Å²) in [5.41, 5.74) is 2.37. The van der Waals surface area contributed by atoms with Crippen molar-refractivity contribution in [3.8, 4) is 0 Å². The van der Waals surface area contributed by atoms with Gasteiger partial charge in [-0.15, -0.1) is 0 Å². The maximum atomic E-state index is 12.9. The second-order valence-corrected chi connectivity index (χ2v) is 6.13. The largest absolute Gasteiger partial charge is 0.395 e. The zero-order chi connectivity index (χ0) is 14.7. The van der Waals surface area contributed by atoms with Crippen LogP contribution < -0.4 is 5.32 Å². The maximum Gasteiger partial charge on any atom is 0.228 e. The van der Waals surface area contributed by atoms with Gasteiger partial charge in [0, 0.05) is 24.8 Å². The lowest BCUT2D eigenvalue weighted by Crippen LogP contribution is -2.47. The van der Waals surface area contributed by atoms with E-state index < -0.39 is 0 Å². The van der Waals surface area contributed by atoms with E-state index in [-0.39, 0.29) is 18.4 Å². The van der Waals surface area contributed by atoms with Gasteiger partial charge < -0.3 is 15.3 Å². The first kappa shape index (κ1) is 14.4.